The van der Waals surface area contributed by atoms with Crippen molar-refractivity contribution in [2.24, 2.45) is 11.8 Å². The van der Waals surface area contributed by atoms with E-state index < -0.39 is 11.9 Å². The number of amides is 1. The quantitative estimate of drug-likeness (QED) is 0.330. The van der Waals surface area contributed by atoms with E-state index in [2.05, 4.69) is 4.98 Å². The number of carbonyl (C=O) groups is 2. The third-order valence-electron chi connectivity index (χ3n) is 7.09. The summed E-state index contributed by atoms with van der Waals surface area (Å²) < 4.78 is 10.6. The van der Waals surface area contributed by atoms with Gasteiger partial charge in [0.25, 0.3) is 0 Å². The lowest BCUT2D eigenvalue weighted by Crippen LogP contribution is -2.40. The van der Waals surface area contributed by atoms with E-state index in [9.17, 15) is 14.7 Å². The number of aliphatic carboxylic acids is 1. The number of carboxylic acid groups (broad SMARTS) is 1. The van der Waals surface area contributed by atoms with E-state index in [0.29, 0.717) is 41.4 Å². The van der Waals surface area contributed by atoms with Crippen LogP contribution in [0.1, 0.15) is 38.5 Å². The second-order valence-corrected chi connectivity index (χ2v) is 11.1. The van der Waals surface area contributed by atoms with Gasteiger partial charge in [-0.25, -0.2) is 9.97 Å². The highest BCUT2D eigenvalue weighted by molar-refractivity contribution is 7.14. The van der Waals surface area contributed by atoms with Gasteiger partial charge in [-0.15, -0.1) is 11.3 Å². The smallest absolute Gasteiger partial charge is 0.304 e. The number of hydrogen-bond donors (Lipinski definition) is 1. The number of thiazole rings is 1. The maximum absolute atomic E-state index is 13.8. The van der Waals surface area contributed by atoms with Gasteiger partial charge in [0, 0.05) is 59.0 Å². The van der Waals surface area contributed by atoms with Crippen LogP contribution in [0.4, 0.5) is 5.13 Å². The second kappa shape index (κ2) is 11.8. The third kappa shape index (κ3) is 6.17. The zero-order valence-electron chi connectivity index (χ0n) is 21.1. The molecule has 2 aliphatic rings. The van der Waals surface area contributed by atoms with Gasteiger partial charge in [0.2, 0.25) is 11.8 Å². The largest absolute Gasteiger partial charge is 0.481 e. The molecule has 200 valence electrons. The van der Waals surface area contributed by atoms with Crippen molar-refractivity contribution in [2.75, 3.05) is 25.2 Å². The van der Waals surface area contributed by atoms with Crippen LogP contribution in [0.2, 0.25) is 5.02 Å². The summed E-state index contributed by atoms with van der Waals surface area (Å²) >= 11 is 7.77. The Morgan fingerprint density at radius 3 is 2.63 bits per heavy atom. The number of ether oxygens (including phenoxy) is 2. The summed E-state index contributed by atoms with van der Waals surface area (Å²) in [5, 5.41) is 12.7. The lowest BCUT2D eigenvalue weighted by Gasteiger charge is -2.29. The Kier molecular flexibility index (Phi) is 8.26. The van der Waals surface area contributed by atoms with Crippen molar-refractivity contribution < 1.29 is 24.2 Å². The molecule has 0 unspecified atom stereocenters. The molecule has 1 N–H and O–H groups in total. The normalized spacial score (nSPS) is 16.7. The topological polar surface area (TPSA) is 102 Å². The molecule has 10 heteroatoms. The first kappa shape index (κ1) is 26.6. The Morgan fingerprint density at radius 1 is 1.18 bits per heavy atom. The zero-order valence-corrected chi connectivity index (χ0v) is 22.7. The van der Waals surface area contributed by atoms with E-state index in [0.717, 1.165) is 42.4 Å². The van der Waals surface area contributed by atoms with Crippen molar-refractivity contribution in [1.82, 2.24) is 9.97 Å². The van der Waals surface area contributed by atoms with Crippen molar-refractivity contribution >= 4 is 39.9 Å². The number of benzene rings is 1. The average molecular weight is 556 g/mol. The predicted octanol–water partition coefficient (Wildman–Crippen LogP) is 5.94. The van der Waals surface area contributed by atoms with E-state index in [-0.39, 0.29) is 24.3 Å². The van der Waals surface area contributed by atoms with Gasteiger partial charge in [0.15, 0.2) is 5.13 Å². The average Bonchev–Trinajstić information content (AvgIpc) is 3.64. The van der Waals surface area contributed by atoms with Gasteiger partial charge in [0.1, 0.15) is 0 Å². The highest BCUT2D eigenvalue weighted by Gasteiger charge is 2.40. The van der Waals surface area contributed by atoms with Crippen LogP contribution < -0.4 is 9.64 Å². The number of anilines is 1. The van der Waals surface area contributed by atoms with Crippen LogP contribution in [0.3, 0.4) is 0 Å². The van der Waals surface area contributed by atoms with Crippen LogP contribution in [0, 0.1) is 11.8 Å². The molecule has 0 bridgehead atoms. The predicted molar refractivity (Wildman–Crippen MR) is 147 cm³/mol. The van der Waals surface area contributed by atoms with E-state index >= 15 is 0 Å². The fourth-order valence-corrected chi connectivity index (χ4v) is 6.04. The van der Waals surface area contributed by atoms with Gasteiger partial charge in [-0.3, -0.25) is 14.5 Å². The summed E-state index contributed by atoms with van der Waals surface area (Å²) in [5.74, 6) is -0.876. The van der Waals surface area contributed by atoms with Crippen LogP contribution >= 0.6 is 22.9 Å². The van der Waals surface area contributed by atoms with E-state index in [1.54, 1.807) is 24.3 Å². The summed E-state index contributed by atoms with van der Waals surface area (Å²) in [5.41, 5.74) is 3.34. The third-order valence-corrected chi connectivity index (χ3v) is 8.17. The fraction of sp³-hybridized carbons (Fsp3) is 0.429. The Hall–Kier alpha value is -3.01. The molecule has 1 amide bonds. The van der Waals surface area contributed by atoms with Crippen molar-refractivity contribution in [2.45, 2.75) is 44.6 Å². The lowest BCUT2D eigenvalue weighted by molar-refractivity contribution is -0.141. The van der Waals surface area contributed by atoms with Crippen LogP contribution in [0.15, 0.2) is 41.9 Å². The minimum Gasteiger partial charge on any atom is -0.481 e. The molecule has 1 aliphatic heterocycles. The van der Waals surface area contributed by atoms with Crippen molar-refractivity contribution in [3.05, 3.63) is 46.9 Å². The van der Waals surface area contributed by atoms with Gasteiger partial charge >= 0.3 is 5.97 Å². The molecule has 2 aromatic heterocycles. The molecule has 1 atom stereocenters. The van der Waals surface area contributed by atoms with E-state index in [1.807, 2.05) is 29.6 Å². The number of rotatable bonds is 10. The number of hydrogen-bond acceptors (Lipinski definition) is 7. The molecule has 38 heavy (non-hydrogen) atoms. The first-order valence-electron chi connectivity index (χ1n) is 12.8. The molecular weight excluding hydrogens is 526 g/mol. The van der Waals surface area contributed by atoms with Crippen molar-refractivity contribution in [3.63, 3.8) is 0 Å². The van der Waals surface area contributed by atoms with Crippen LogP contribution in [-0.2, 0) is 14.3 Å². The number of methoxy groups -OCH3 is 1. The van der Waals surface area contributed by atoms with Gasteiger partial charge in [-0.1, -0.05) is 17.7 Å². The summed E-state index contributed by atoms with van der Waals surface area (Å²) in [4.78, 5) is 36.5. The second-order valence-electron chi connectivity index (χ2n) is 9.82. The van der Waals surface area contributed by atoms with Gasteiger partial charge in [-0.2, -0.15) is 0 Å². The molecule has 2 fully saturated rings. The molecule has 8 nitrogen and oxygen atoms in total. The van der Waals surface area contributed by atoms with E-state index in [4.69, 9.17) is 26.1 Å². The van der Waals surface area contributed by atoms with Gasteiger partial charge < -0.3 is 14.6 Å². The van der Waals surface area contributed by atoms with Crippen LogP contribution in [0.5, 0.6) is 5.88 Å². The summed E-state index contributed by atoms with van der Waals surface area (Å²) in [7, 11) is 1.57. The number of nitrogens with zero attached hydrogens (tertiary/aromatic N) is 3. The Labute approximate surface area is 230 Å². The summed E-state index contributed by atoms with van der Waals surface area (Å²) in [6, 6.07) is 9.40. The highest BCUT2D eigenvalue weighted by atomic mass is 35.5. The summed E-state index contributed by atoms with van der Waals surface area (Å²) in [6.07, 6.45) is 5.60. The monoisotopic (exact) mass is 555 g/mol. The lowest BCUT2D eigenvalue weighted by atomic mass is 9.86. The molecule has 3 aromatic rings. The zero-order chi connectivity index (χ0) is 26.6. The van der Waals surface area contributed by atoms with Crippen LogP contribution in [-0.4, -0.2) is 53.3 Å². The molecule has 1 aromatic carbocycles. The summed E-state index contributed by atoms with van der Waals surface area (Å²) in [6.45, 7) is 1.32. The standard InChI is InChI=1S/C28H30ClN3O5S/c1-36-25-7-2-18(15-30-25)22-6-3-20(29)14-23(22)24-16-38-28(31-24)32(21-4-5-21)27(35)19(13-26(33)34)12-17-8-10-37-11-9-17/h2-3,6-7,14-17,19,21H,4-5,8-13H2,1H3,(H,33,34)/t19-/m1/s1. The Bertz CT molecular complexity index is 1290. The van der Waals surface area contributed by atoms with Crippen molar-refractivity contribution in [1.29, 1.82) is 0 Å². The molecule has 0 spiro atoms. The highest BCUT2D eigenvalue weighted by Crippen LogP contribution is 2.40. The molecule has 0 radical (unpaired) electrons. The maximum atomic E-state index is 13.8. The number of pyridine rings is 1. The SMILES string of the molecule is COc1ccc(-c2ccc(Cl)cc2-c2csc(N(C(=O)[C@@H](CC(=O)O)CC3CCOCC3)C3CC3)n2)cn1. The molecule has 5 rings (SSSR count). The Morgan fingerprint density at radius 2 is 1.97 bits per heavy atom. The number of halogens is 1. The van der Waals surface area contributed by atoms with Crippen molar-refractivity contribution in [3.8, 4) is 28.3 Å². The fourth-order valence-electron chi connectivity index (χ4n) is 4.97. The molecule has 1 saturated carbocycles. The first-order chi connectivity index (χ1) is 18.4. The van der Waals surface area contributed by atoms with Gasteiger partial charge in [-0.05, 0) is 61.8 Å². The minimum atomic E-state index is -0.956. The van der Waals surface area contributed by atoms with Crippen LogP contribution in [0.25, 0.3) is 22.4 Å². The number of carboxylic acids is 1. The number of aromatic nitrogens is 2. The van der Waals surface area contributed by atoms with Gasteiger partial charge in [0.05, 0.1) is 19.2 Å². The molecule has 1 aliphatic carbocycles. The maximum Gasteiger partial charge on any atom is 0.304 e. The first-order valence-corrected chi connectivity index (χ1v) is 14.1. The molecule has 3 heterocycles. The number of carbonyl (C=O) groups excluding carboxylic acids is 1. The van der Waals surface area contributed by atoms with E-state index in [1.165, 1.54) is 11.3 Å². The minimum absolute atomic E-state index is 0.0529. The molecule has 1 saturated heterocycles. The Balaban J connectivity index is 1.44. The molecular formula is C28H30ClN3O5S.